The molecule has 4 rings (SSSR count). The van der Waals surface area contributed by atoms with E-state index in [9.17, 15) is 4.79 Å². The predicted molar refractivity (Wildman–Crippen MR) is 137 cm³/mol. The molecule has 1 amide bonds. The lowest BCUT2D eigenvalue weighted by atomic mass is 10.0. The topological polar surface area (TPSA) is 63.3 Å². The lowest BCUT2D eigenvalue weighted by Crippen LogP contribution is -2.31. The van der Waals surface area contributed by atoms with Gasteiger partial charge >= 0.3 is 6.09 Å². The Balaban J connectivity index is 1.65. The van der Waals surface area contributed by atoms with Crippen LogP contribution < -0.4 is 10.6 Å². The molecule has 0 saturated carbocycles. The van der Waals surface area contributed by atoms with Gasteiger partial charge in [-0.1, -0.05) is 23.8 Å². The largest absolute Gasteiger partial charge is 0.449 e. The molecule has 5 heteroatoms. The zero-order valence-electron chi connectivity index (χ0n) is 20.0. The highest BCUT2D eigenvalue weighted by molar-refractivity contribution is 6.09. The van der Waals surface area contributed by atoms with Gasteiger partial charge in [0.2, 0.25) is 0 Å². The van der Waals surface area contributed by atoms with Crippen LogP contribution in [0.15, 0.2) is 54.6 Å². The molecule has 2 N–H and O–H groups in total. The smallest absolute Gasteiger partial charge is 0.407 e. The summed E-state index contributed by atoms with van der Waals surface area (Å²) in [6.07, 6.45) is 0.269. The lowest BCUT2D eigenvalue weighted by molar-refractivity contribution is 0.145. The van der Waals surface area contributed by atoms with Crippen LogP contribution in [0.1, 0.15) is 36.1 Å². The monoisotopic (exact) mass is 441 g/mol. The minimum absolute atomic E-state index is 0.0612. The van der Waals surface area contributed by atoms with Crippen molar-refractivity contribution in [2.45, 2.75) is 47.1 Å². The number of hydrogen-bond donors (Lipinski definition) is 2. The van der Waals surface area contributed by atoms with Crippen LogP contribution in [0, 0.1) is 20.8 Å². The fourth-order valence-electron chi connectivity index (χ4n) is 3.94. The van der Waals surface area contributed by atoms with Gasteiger partial charge in [0.25, 0.3) is 0 Å². The molecule has 5 nitrogen and oxygen atoms in total. The molecule has 3 aromatic carbocycles. The number of rotatable bonds is 6. The average molecular weight is 442 g/mol. The Hall–Kier alpha value is -3.60. The summed E-state index contributed by atoms with van der Waals surface area (Å²) < 4.78 is 5.29. The van der Waals surface area contributed by atoms with Gasteiger partial charge in [0.15, 0.2) is 0 Å². The van der Waals surface area contributed by atoms with E-state index in [0.717, 1.165) is 38.7 Å². The average Bonchev–Trinajstić information content (AvgIpc) is 2.75. The summed E-state index contributed by atoms with van der Waals surface area (Å²) in [7, 11) is 0. The lowest BCUT2D eigenvalue weighted by Gasteiger charge is -2.16. The molecule has 0 spiro atoms. The number of anilines is 2. The quantitative estimate of drug-likeness (QED) is 0.326. The molecule has 4 aromatic rings. The molecule has 1 heterocycles. The van der Waals surface area contributed by atoms with Gasteiger partial charge < -0.3 is 15.4 Å². The first-order valence-corrected chi connectivity index (χ1v) is 11.4. The number of nitrogens with zero attached hydrogens (tertiary/aromatic N) is 1. The first-order chi connectivity index (χ1) is 15.8. The van der Waals surface area contributed by atoms with Crippen molar-refractivity contribution in [2.24, 2.45) is 0 Å². The van der Waals surface area contributed by atoms with Crippen LogP contribution in [0.5, 0.6) is 0 Å². The molecule has 0 radical (unpaired) electrons. The van der Waals surface area contributed by atoms with Crippen molar-refractivity contribution in [2.75, 3.05) is 11.9 Å². The van der Waals surface area contributed by atoms with E-state index in [-0.39, 0.29) is 12.1 Å². The predicted octanol–water partition coefficient (Wildman–Crippen LogP) is 6.73. The number of aromatic nitrogens is 1. The van der Waals surface area contributed by atoms with Crippen LogP contribution in [0.25, 0.3) is 21.8 Å². The Kier molecular flexibility index (Phi) is 6.50. The third-order valence-corrected chi connectivity index (χ3v) is 5.77. The van der Waals surface area contributed by atoms with Crippen molar-refractivity contribution in [3.63, 3.8) is 0 Å². The van der Waals surface area contributed by atoms with Gasteiger partial charge in [0, 0.05) is 28.9 Å². The second kappa shape index (κ2) is 9.49. The molecule has 0 atom stereocenters. The Labute approximate surface area is 195 Å². The van der Waals surface area contributed by atoms with Crippen LogP contribution >= 0.6 is 0 Å². The number of fused-ring (bicyclic) bond motifs is 2. The summed E-state index contributed by atoms with van der Waals surface area (Å²) in [5.74, 6) is 0. The number of pyridine rings is 1. The third kappa shape index (κ3) is 5.25. The molecule has 170 valence electrons. The molecule has 0 saturated heterocycles. The Morgan fingerprint density at radius 2 is 1.70 bits per heavy atom. The number of alkyl carbamates (subject to hydrolysis) is 1. The zero-order valence-corrected chi connectivity index (χ0v) is 20.0. The first kappa shape index (κ1) is 22.6. The standard InChI is InChI=1S/C28H31N3O2/c1-17(2)29-28(32)33-12-11-21-7-6-8-22(16-21)30-27-23-13-18(3)9-10-25(23)31-26-15-20(5)19(4)14-24(26)27/h6-10,13-17H,11-12H2,1-5H3,(H,29,32)(H,30,31). The summed E-state index contributed by atoms with van der Waals surface area (Å²) in [5.41, 5.74) is 8.78. The third-order valence-electron chi connectivity index (χ3n) is 5.77. The first-order valence-electron chi connectivity index (χ1n) is 11.4. The molecule has 0 aliphatic carbocycles. The maximum atomic E-state index is 11.7. The second-order valence-corrected chi connectivity index (χ2v) is 8.97. The molecule has 0 unspecified atom stereocenters. The van der Waals surface area contributed by atoms with E-state index in [0.29, 0.717) is 13.0 Å². The fourth-order valence-corrected chi connectivity index (χ4v) is 3.94. The Morgan fingerprint density at radius 3 is 2.48 bits per heavy atom. The van der Waals surface area contributed by atoms with Crippen LogP contribution in [0.4, 0.5) is 16.2 Å². The van der Waals surface area contributed by atoms with Crippen LogP contribution in [0.2, 0.25) is 0 Å². The van der Waals surface area contributed by atoms with E-state index in [2.05, 4.69) is 79.9 Å². The summed E-state index contributed by atoms with van der Waals surface area (Å²) in [6, 6.07) is 19.0. The maximum Gasteiger partial charge on any atom is 0.407 e. The molecular formula is C28H31N3O2. The summed E-state index contributed by atoms with van der Waals surface area (Å²) in [5, 5.41) is 8.62. The highest BCUT2D eigenvalue weighted by Gasteiger charge is 2.12. The maximum absolute atomic E-state index is 11.7. The van der Waals surface area contributed by atoms with E-state index < -0.39 is 0 Å². The van der Waals surface area contributed by atoms with Crippen LogP contribution in [-0.4, -0.2) is 23.7 Å². The summed E-state index contributed by atoms with van der Waals surface area (Å²) in [4.78, 5) is 16.7. The fraction of sp³-hybridized carbons (Fsp3) is 0.286. The number of ether oxygens (including phenoxy) is 1. The van der Waals surface area contributed by atoms with Crippen molar-refractivity contribution in [1.29, 1.82) is 0 Å². The van der Waals surface area contributed by atoms with Crippen LogP contribution in [-0.2, 0) is 11.2 Å². The van der Waals surface area contributed by atoms with Gasteiger partial charge in [0.1, 0.15) is 0 Å². The molecule has 0 aliphatic rings. The van der Waals surface area contributed by atoms with Crippen molar-refractivity contribution < 1.29 is 9.53 Å². The highest BCUT2D eigenvalue weighted by atomic mass is 16.5. The van der Waals surface area contributed by atoms with Crippen molar-refractivity contribution in [1.82, 2.24) is 10.3 Å². The number of nitrogens with one attached hydrogen (secondary N) is 2. The minimum atomic E-state index is -0.380. The van der Waals surface area contributed by atoms with Crippen molar-refractivity contribution >= 4 is 39.3 Å². The molecule has 0 aliphatic heterocycles. The zero-order chi connectivity index (χ0) is 23.5. The Morgan fingerprint density at radius 1 is 0.939 bits per heavy atom. The SMILES string of the molecule is Cc1ccc2nc3cc(C)c(C)cc3c(Nc3cccc(CCOC(=O)NC(C)C)c3)c2c1. The molecule has 0 fully saturated rings. The van der Waals surface area contributed by atoms with Crippen molar-refractivity contribution in [3.05, 3.63) is 76.9 Å². The molecule has 1 aromatic heterocycles. The van der Waals surface area contributed by atoms with Gasteiger partial charge in [-0.3, -0.25) is 0 Å². The number of hydrogen-bond acceptors (Lipinski definition) is 4. The Bertz CT molecular complexity index is 1330. The second-order valence-electron chi connectivity index (χ2n) is 8.97. The minimum Gasteiger partial charge on any atom is -0.449 e. The van der Waals surface area contributed by atoms with E-state index in [1.54, 1.807) is 0 Å². The van der Waals surface area contributed by atoms with Crippen LogP contribution in [0.3, 0.4) is 0 Å². The molecule has 0 bridgehead atoms. The van der Waals surface area contributed by atoms with E-state index in [4.69, 9.17) is 9.72 Å². The van der Waals surface area contributed by atoms with E-state index in [1.165, 1.54) is 16.7 Å². The number of amides is 1. The molecule has 33 heavy (non-hydrogen) atoms. The van der Waals surface area contributed by atoms with Gasteiger partial charge in [-0.25, -0.2) is 9.78 Å². The van der Waals surface area contributed by atoms with Gasteiger partial charge in [-0.05, 0) is 87.7 Å². The van der Waals surface area contributed by atoms with Gasteiger partial charge in [-0.15, -0.1) is 0 Å². The highest BCUT2D eigenvalue weighted by Crippen LogP contribution is 2.35. The number of carbonyl (C=O) groups is 1. The summed E-state index contributed by atoms with van der Waals surface area (Å²) >= 11 is 0. The van der Waals surface area contributed by atoms with Gasteiger partial charge in [-0.2, -0.15) is 0 Å². The summed E-state index contributed by atoms with van der Waals surface area (Å²) in [6.45, 7) is 10.5. The number of benzene rings is 3. The van der Waals surface area contributed by atoms with Gasteiger partial charge in [0.05, 0.1) is 23.3 Å². The number of carbonyl (C=O) groups excluding carboxylic acids is 1. The number of aryl methyl sites for hydroxylation is 3. The van der Waals surface area contributed by atoms with E-state index >= 15 is 0 Å². The van der Waals surface area contributed by atoms with E-state index in [1.807, 2.05) is 19.9 Å². The normalized spacial score (nSPS) is 11.2. The molecular weight excluding hydrogens is 410 g/mol. The van der Waals surface area contributed by atoms with Crippen molar-refractivity contribution in [3.8, 4) is 0 Å².